The van der Waals surface area contributed by atoms with E-state index in [0.29, 0.717) is 0 Å². The third-order valence-corrected chi connectivity index (χ3v) is 7.36. The molecule has 39 heavy (non-hydrogen) atoms. The lowest BCUT2D eigenvalue weighted by Gasteiger charge is -2.26. The summed E-state index contributed by atoms with van der Waals surface area (Å²) < 4.78 is 12.5. The van der Waals surface area contributed by atoms with Crippen LogP contribution in [0.4, 0.5) is 17.1 Å². The van der Waals surface area contributed by atoms with Gasteiger partial charge in [0.25, 0.3) is 0 Å². The summed E-state index contributed by atoms with van der Waals surface area (Å²) in [6.07, 6.45) is 3.72. The van der Waals surface area contributed by atoms with Crippen LogP contribution in [-0.2, 0) is 0 Å². The van der Waals surface area contributed by atoms with Crippen molar-refractivity contribution in [1.29, 1.82) is 0 Å². The number of anilines is 3. The fraction of sp³-hybridized carbons (Fsp3) is 0. The topological polar surface area (TPSA) is 42.4 Å². The van der Waals surface area contributed by atoms with E-state index < -0.39 is 0 Å². The molecule has 0 saturated carbocycles. The van der Waals surface area contributed by atoms with Crippen molar-refractivity contribution in [2.45, 2.75) is 0 Å². The molecule has 0 amide bonds. The molecule has 0 spiro atoms. The number of pyridine rings is 1. The van der Waals surface area contributed by atoms with Crippen LogP contribution in [0.25, 0.3) is 55.0 Å². The average Bonchev–Trinajstić information content (AvgIpc) is 3.57. The number of benzene rings is 5. The predicted octanol–water partition coefficient (Wildman–Crippen LogP) is 10.0. The number of fused-ring (bicyclic) bond motifs is 6. The summed E-state index contributed by atoms with van der Waals surface area (Å²) in [4.78, 5) is 6.89. The minimum absolute atomic E-state index is 0.754. The smallest absolute Gasteiger partial charge is 0.155 e. The van der Waals surface area contributed by atoms with Gasteiger partial charge in [0.2, 0.25) is 0 Å². The number of furan rings is 2. The molecule has 4 heteroatoms. The molecular formula is C35H22N2O2. The molecule has 0 fully saturated rings. The molecule has 0 bridgehead atoms. The van der Waals surface area contributed by atoms with Crippen molar-refractivity contribution >= 4 is 60.9 Å². The van der Waals surface area contributed by atoms with Crippen LogP contribution < -0.4 is 4.90 Å². The lowest BCUT2D eigenvalue weighted by molar-refractivity contribution is 0.667. The molecule has 0 saturated heterocycles. The van der Waals surface area contributed by atoms with Gasteiger partial charge in [0.05, 0.1) is 34.5 Å². The third kappa shape index (κ3) is 3.42. The molecule has 8 rings (SSSR count). The number of aromatic nitrogens is 1. The molecular weight excluding hydrogens is 480 g/mol. The van der Waals surface area contributed by atoms with E-state index in [1.807, 2.05) is 54.7 Å². The standard InChI is InChI=1S/C35H22N2O2/c1-2-9-23(10-3-1)24-17-19-25(20-18-24)37(28-13-8-16-32-34(28)26-11-4-6-14-30(26)38-32)29-21-36-22-33-35(29)27-12-5-7-15-31(27)39-33/h1-22H. The van der Waals surface area contributed by atoms with Gasteiger partial charge in [0.15, 0.2) is 5.58 Å². The molecule has 4 nitrogen and oxygen atoms in total. The molecule has 184 valence electrons. The van der Waals surface area contributed by atoms with E-state index in [-0.39, 0.29) is 0 Å². The summed E-state index contributed by atoms with van der Waals surface area (Å²) in [7, 11) is 0. The highest BCUT2D eigenvalue weighted by Gasteiger charge is 2.23. The summed E-state index contributed by atoms with van der Waals surface area (Å²) in [5.74, 6) is 0. The first-order chi connectivity index (χ1) is 19.3. The number of hydrogen-bond acceptors (Lipinski definition) is 4. The van der Waals surface area contributed by atoms with Gasteiger partial charge < -0.3 is 13.7 Å². The zero-order valence-corrected chi connectivity index (χ0v) is 20.9. The Morgan fingerprint density at radius 1 is 0.436 bits per heavy atom. The second-order valence-electron chi connectivity index (χ2n) is 9.63. The van der Waals surface area contributed by atoms with Crippen molar-refractivity contribution in [2.75, 3.05) is 4.90 Å². The Labute approximate surface area is 224 Å². The van der Waals surface area contributed by atoms with E-state index in [0.717, 1.165) is 66.5 Å². The van der Waals surface area contributed by atoms with Crippen molar-refractivity contribution in [1.82, 2.24) is 4.98 Å². The highest BCUT2D eigenvalue weighted by Crippen LogP contribution is 2.46. The molecule has 0 radical (unpaired) electrons. The zero-order valence-electron chi connectivity index (χ0n) is 20.9. The highest BCUT2D eigenvalue weighted by molar-refractivity contribution is 6.17. The first kappa shape index (κ1) is 21.7. The van der Waals surface area contributed by atoms with Crippen molar-refractivity contribution in [2.24, 2.45) is 0 Å². The summed E-state index contributed by atoms with van der Waals surface area (Å²) in [5.41, 5.74) is 8.64. The van der Waals surface area contributed by atoms with Crippen LogP contribution in [0.15, 0.2) is 143 Å². The summed E-state index contributed by atoms with van der Waals surface area (Å²) in [5, 5.41) is 4.22. The van der Waals surface area contributed by atoms with Crippen LogP contribution in [0.3, 0.4) is 0 Å². The predicted molar refractivity (Wildman–Crippen MR) is 159 cm³/mol. The quantitative estimate of drug-likeness (QED) is 0.240. The first-order valence-corrected chi connectivity index (χ1v) is 13.0. The Morgan fingerprint density at radius 3 is 1.77 bits per heavy atom. The van der Waals surface area contributed by atoms with Gasteiger partial charge in [-0.3, -0.25) is 4.98 Å². The molecule has 0 aliphatic heterocycles. The molecule has 5 aromatic carbocycles. The van der Waals surface area contributed by atoms with Crippen LogP contribution in [0.1, 0.15) is 0 Å². The Bertz CT molecular complexity index is 2010. The largest absolute Gasteiger partial charge is 0.456 e. The molecule has 0 atom stereocenters. The van der Waals surface area contributed by atoms with E-state index in [9.17, 15) is 0 Å². The van der Waals surface area contributed by atoms with Gasteiger partial charge in [-0.25, -0.2) is 0 Å². The summed E-state index contributed by atoms with van der Waals surface area (Å²) in [6.45, 7) is 0. The normalized spacial score (nSPS) is 11.6. The Kier molecular flexibility index (Phi) is 4.79. The highest BCUT2D eigenvalue weighted by atomic mass is 16.3. The van der Waals surface area contributed by atoms with Crippen LogP contribution in [0.2, 0.25) is 0 Å². The Balaban J connectivity index is 1.43. The van der Waals surface area contributed by atoms with Crippen molar-refractivity contribution in [3.63, 3.8) is 0 Å². The maximum Gasteiger partial charge on any atom is 0.155 e. The zero-order chi connectivity index (χ0) is 25.8. The summed E-state index contributed by atoms with van der Waals surface area (Å²) in [6, 6.07) is 41.7. The van der Waals surface area contributed by atoms with Crippen molar-refractivity contribution in [3.05, 3.63) is 134 Å². The van der Waals surface area contributed by atoms with Crippen LogP contribution >= 0.6 is 0 Å². The SMILES string of the molecule is c1ccc(-c2ccc(N(c3cccc4oc5ccccc5c34)c3cncc4oc5ccccc5c34)cc2)cc1. The van der Waals surface area contributed by atoms with Gasteiger partial charge in [-0.2, -0.15) is 0 Å². The lowest BCUT2D eigenvalue weighted by Crippen LogP contribution is -2.11. The summed E-state index contributed by atoms with van der Waals surface area (Å²) >= 11 is 0. The molecule has 8 aromatic rings. The van der Waals surface area contributed by atoms with E-state index in [2.05, 4.69) is 82.7 Å². The van der Waals surface area contributed by atoms with E-state index >= 15 is 0 Å². The molecule has 3 heterocycles. The van der Waals surface area contributed by atoms with E-state index in [1.54, 1.807) is 6.20 Å². The molecule has 0 unspecified atom stereocenters. The Hall–Kier alpha value is -5.35. The molecule has 0 aliphatic carbocycles. The van der Waals surface area contributed by atoms with Gasteiger partial charge in [0.1, 0.15) is 16.7 Å². The molecule has 0 aliphatic rings. The van der Waals surface area contributed by atoms with Gasteiger partial charge in [-0.1, -0.05) is 84.9 Å². The second-order valence-corrected chi connectivity index (χ2v) is 9.63. The fourth-order valence-corrected chi connectivity index (χ4v) is 5.61. The average molecular weight is 503 g/mol. The van der Waals surface area contributed by atoms with Crippen LogP contribution in [-0.4, -0.2) is 4.98 Å². The van der Waals surface area contributed by atoms with E-state index in [1.165, 1.54) is 5.56 Å². The van der Waals surface area contributed by atoms with Crippen molar-refractivity contribution in [3.8, 4) is 11.1 Å². The molecule has 0 N–H and O–H groups in total. The van der Waals surface area contributed by atoms with Gasteiger partial charge in [0, 0.05) is 16.5 Å². The van der Waals surface area contributed by atoms with Crippen molar-refractivity contribution < 1.29 is 8.83 Å². The lowest BCUT2D eigenvalue weighted by atomic mass is 10.0. The van der Waals surface area contributed by atoms with Gasteiger partial charge in [-0.05, 0) is 47.5 Å². The maximum atomic E-state index is 6.27. The van der Waals surface area contributed by atoms with E-state index in [4.69, 9.17) is 8.83 Å². The Morgan fingerprint density at radius 2 is 1.03 bits per heavy atom. The van der Waals surface area contributed by atoms with Crippen LogP contribution in [0.5, 0.6) is 0 Å². The first-order valence-electron chi connectivity index (χ1n) is 13.0. The monoisotopic (exact) mass is 502 g/mol. The van der Waals surface area contributed by atoms with Crippen LogP contribution in [0, 0.1) is 0 Å². The number of para-hydroxylation sites is 2. The number of rotatable bonds is 4. The minimum Gasteiger partial charge on any atom is -0.456 e. The molecule has 3 aromatic heterocycles. The maximum absolute atomic E-state index is 6.27. The van der Waals surface area contributed by atoms with Gasteiger partial charge >= 0.3 is 0 Å². The van der Waals surface area contributed by atoms with Gasteiger partial charge in [-0.15, -0.1) is 0 Å². The number of hydrogen-bond donors (Lipinski definition) is 0. The fourth-order valence-electron chi connectivity index (χ4n) is 5.61. The second kappa shape index (κ2) is 8.61. The number of nitrogens with zero attached hydrogens (tertiary/aromatic N) is 2. The third-order valence-electron chi connectivity index (χ3n) is 7.36. The minimum atomic E-state index is 0.754.